The molecule has 24 heavy (non-hydrogen) atoms. The van der Waals surface area contributed by atoms with Gasteiger partial charge in [-0.15, -0.1) is 0 Å². The minimum atomic E-state index is -0.130. The van der Waals surface area contributed by atoms with Crippen molar-refractivity contribution < 1.29 is 9.90 Å². The molecule has 0 radical (unpaired) electrons. The van der Waals surface area contributed by atoms with Crippen molar-refractivity contribution in [2.45, 2.75) is 6.54 Å². The molecular weight excluding hydrogens is 304 g/mol. The Morgan fingerprint density at radius 3 is 2.67 bits per heavy atom. The van der Waals surface area contributed by atoms with Crippen LogP contribution >= 0.6 is 0 Å². The predicted octanol–water partition coefficient (Wildman–Crippen LogP) is 2.11. The van der Waals surface area contributed by atoms with Crippen LogP contribution in [-0.2, 0) is 6.54 Å². The van der Waals surface area contributed by atoms with E-state index in [1.54, 1.807) is 17.0 Å². The number of aromatic amines is 1. The molecule has 2 N–H and O–H groups in total. The molecule has 6 nitrogen and oxygen atoms in total. The van der Waals surface area contributed by atoms with Crippen molar-refractivity contribution in [1.29, 1.82) is 0 Å². The zero-order chi connectivity index (χ0) is 16.8. The van der Waals surface area contributed by atoms with Gasteiger partial charge < -0.3 is 10.0 Å². The van der Waals surface area contributed by atoms with Crippen LogP contribution in [0.15, 0.2) is 60.9 Å². The van der Waals surface area contributed by atoms with Gasteiger partial charge in [-0.1, -0.05) is 42.5 Å². The van der Waals surface area contributed by atoms with E-state index < -0.39 is 0 Å². The molecule has 0 aliphatic heterocycles. The van der Waals surface area contributed by atoms with Crippen LogP contribution in [0.4, 0.5) is 0 Å². The highest BCUT2D eigenvalue weighted by molar-refractivity contribution is 5.95. The third-order valence-corrected chi connectivity index (χ3v) is 3.67. The van der Waals surface area contributed by atoms with Gasteiger partial charge in [-0.2, -0.15) is 5.10 Å². The number of aliphatic hydroxyl groups excluding tert-OH is 1. The molecule has 1 heterocycles. The predicted molar refractivity (Wildman–Crippen MR) is 90.1 cm³/mol. The van der Waals surface area contributed by atoms with Crippen LogP contribution in [0, 0.1) is 0 Å². The van der Waals surface area contributed by atoms with Crippen molar-refractivity contribution in [3.63, 3.8) is 0 Å². The molecular formula is C18H18N4O2. The molecule has 0 saturated heterocycles. The molecule has 0 aliphatic rings. The molecule has 122 valence electrons. The Morgan fingerprint density at radius 2 is 1.96 bits per heavy atom. The van der Waals surface area contributed by atoms with Crippen molar-refractivity contribution in [1.82, 2.24) is 20.1 Å². The van der Waals surface area contributed by atoms with E-state index in [4.69, 9.17) is 0 Å². The first-order chi connectivity index (χ1) is 11.8. The summed E-state index contributed by atoms with van der Waals surface area (Å²) < 4.78 is 0. The lowest BCUT2D eigenvalue weighted by Gasteiger charge is -2.22. The van der Waals surface area contributed by atoms with E-state index in [9.17, 15) is 9.90 Å². The Hall–Kier alpha value is -2.99. The second kappa shape index (κ2) is 7.52. The largest absolute Gasteiger partial charge is 0.395 e. The van der Waals surface area contributed by atoms with Crippen molar-refractivity contribution in [3.05, 3.63) is 72.1 Å². The maximum atomic E-state index is 12.8. The second-order valence-corrected chi connectivity index (χ2v) is 5.35. The normalized spacial score (nSPS) is 10.5. The quantitative estimate of drug-likeness (QED) is 0.728. The van der Waals surface area contributed by atoms with Crippen LogP contribution in [0.1, 0.15) is 15.9 Å². The summed E-state index contributed by atoms with van der Waals surface area (Å²) in [4.78, 5) is 18.6. The first kappa shape index (κ1) is 15.9. The lowest BCUT2D eigenvalue weighted by molar-refractivity contribution is 0.0708. The van der Waals surface area contributed by atoms with E-state index in [0.29, 0.717) is 17.9 Å². The number of benzene rings is 2. The fraction of sp³-hybridized carbons (Fsp3) is 0.167. The molecule has 6 heteroatoms. The van der Waals surface area contributed by atoms with E-state index in [-0.39, 0.29) is 19.1 Å². The second-order valence-electron chi connectivity index (χ2n) is 5.35. The van der Waals surface area contributed by atoms with Crippen LogP contribution in [0.25, 0.3) is 11.4 Å². The molecule has 2 aromatic carbocycles. The number of carbonyl (C=O) groups is 1. The van der Waals surface area contributed by atoms with Gasteiger partial charge in [0.05, 0.1) is 6.61 Å². The van der Waals surface area contributed by atoms with Crippen LogP contribution in [-0.4, -0.2) is 44.2 Å². The molecule has 0 saturated carbocycles. The zero-order valence-electron chi connectivity index (χ0n) is 13.1. The number of aromatic nitrogens is 3. The molecule has 1 aromatic heterocycles. The van der Waals surface area contributed by atoms with Crippen molar-refractivity contribution in [2.75, 3.05) is 13.2 Å². The van der Waals surface area contributed by atoms with E-state index >= 15 is 0 Å². The molecule has 0 fully saturated rings. The molecule has 1 amide bonds. The summed E-state index contributed by atoms with van der Waals surface area (Å²) in [5, 5.41) is 15.9. The highest BCUT2D eigenvalue weighted by atomic mass is 16.3. The Balaban J connectivity index is 1.83. The summed E-state index contributed by atoms with van der Waals surface area (Å²) >= 11 is 0. The fourth-order valence-corrected chi connectivity index (χ4v) is 2.50. The van der Waals surface area contributed by atoms with Crippen molar-refractivity contribution in [2.24, 2.45) is 0 Å². The summed E-state index contributed by atoms with van der Waals surface area (Å²) in [7, 11) is 0. The lowest BCUT2D eigenvalue weighted by atomic mass is 10.1. The van der Waals surface area contributed by atoms with Crippen LogP contribution < -0.4 is 0 Å². The summed E-state index contributed by atoms with van der Waals surface area (Å²) in [6.07, 6.45) is 1.43. The standard InChI is InChI=1S/C18H18N4O2/c23-10-9-22(12-14-5-2-1-3-6-14)18(24)16-8-4-7-15(11-16)17-19-13-20-21-17/h1-8,11,13,23H,9-10,12H2,(H,19,20,21). The minimum absolute atomic E-state index is 0.0830. The molecule has 0 bridgehead atoms. The molecule has 0 aliphatic carbocycles. The van der Waals surface area contributed by atoms with Gasteiger partial charge >= 0.3 is 0 Å². The van der Waals surface area contributed by atoms with Gasteiger partial charge in [-0.05, 0) is 17.7 Å². The Kier molecular flexibility index (Phi) is 4.98. The Morgan fingerprint density at radius 1 is 1.12 bits per heavy atom. The van der Waals surface area contributed by atoms with Crippen LogP contribution in [0.5, 0.6) is 0 Å². The summed E-state index contributed by atoms with van der Waals surface area (Å²) in [5.74, 6) is 0.482. The number of nitrogens with one attached hydrogen (secondary N) is 1. The summed E-state index contributed by atoms with van der Waals surface area (Å²) in [6, 6.07) is 16.9. The Bertz CT molecular complexity index is 788. The van der Waals surface area contributed by atoms with Crippen molar-refractivity contribution >= 4 is 5.91 Å². The lowest BCUT2D eigenvalue weighted by Crippen LogP contribution is -2.33. The van der Waals surface area contributed by atoms with Gasteiger partial charge in [0, 0.05) is 24.2 Å². The first-order valence-corrected chi connectivity index (χ1v) is 7.68. The van der Waals surface area contributed by atoms with E-state index in [0.717, 1.165) is 11.1 Å². The molecule has 3 aromatic rings. The van der Waals surface area contributed by atoms with Gasteiger partial charge in [-0.25, -0.2) is 4.98 Å². The topological polar surface area (TPSA) is 82.1 Å². The van der Waals surface area contributed by atoms with Gasteiger partial charge in [-0.3, -0.25) is 9.89 Å². The SMILES string of the molecule is O=C(c1cccc(-c2ncn[nH]2)c1)N(CCO)Cc1ccccc1. The van der Waals surface area contributed by atoms with Gasteiger partial charge in [0.25, 0.3) is 5.91 Å². The number of nitrogens with zero attached hydrogens (tertiary/aromatic N) is 3. The average molecular weight is 322 g/mol. The average Bonchev–Trinajstić information content (AvgIpc) is 3.16. The third-order valence-electron chi connectivity index (χ3n) is 3.67. The molecule has 0 atom stereocenters. The number of hydrogen-bond donors (Lipinski definition) is 2. The summed E-state index contributed by atoms with van der Waals surface area (Å²) in [6.45, 7) is 0.646. The number of amides is 1. The van der Waals surface area contributed by atoms with Crippen molar-refractivity contribution in [3.8, 4) is 11.4 Å². The Labute approximate surface area is 139 Å². The monoisotopic (exact) mass is 322 g/mol. The number of rotatable bonds is 6. The van der Waals surface area contributed by atoms with Gasteiger partial charge in [0.15, 0.2) is 5.82 Å². The number of carbonyl (C=O) groups excluding carboxylic acids is 1. The number of H-pyrrole nitrogens is 1. The summed E-state index contributed by atoms with van der Waals surface area (Å²) in [5.41, 5.74) is 2.36. The number of hydrogen-bond acceptors (Lipinski definition) is 4. The van der Waals surface area contributed by atoms with Gasteiger partial charge in [0.2, 0.25) is 0 Å². The van der Waals surface area contributed by atoms with E-state index in [1.165, 1.54) is 6.33 Å². The fourth-order valence-electron chi connectivity index (χ4n) is 2.50. The molecule has 3 rings (SSSR count). The number of aliphatic hydroxyl groups is 1. The third kappa shape index (κ3) is 3.67. The molecule has 0 unspecified atom stereocenters. The maximum absolute atomic E-state index is 12.8. The first-order valence-electron chi connectivity index (χ1n) is 7.68. The molecule has 0 spiro atoms. The minimum Gasteiger partial charge on any atom is -0.395 e. The smallest absolute Gasteiger partial charge is 0.254 e. The maximum Gasteiger partial charge on any atom is 0.254 e. The zero-order valence-corrected chi connectivity index (χ0v) is 13.1. The van der Waals surface area contributed by atoms with Crippen LogP contribution in [0.3, 0.4) is 0 Å². The van der Waals surface area contributed by atoms with E-state index in [1.807, 2.05) is 42.5 Å². The van der Waals surface area contributed by atoms with Gasteiger partial charge in [0.1, 0.15) is 6.33 Å². The highest BCUT2D eigenvalue weighted by Gasteiger charge is 2.16. The highest BCUT2D eigenvalue weighted by Crippen LogP contribution is 2.17. The van der Waals surface area contributed by atoms with Crippen LogP contribution in [0.2, 0.25) is 0 Å². The van der Waals surface area contributed by atoms with E-state index in [2.05, 4.69) is 15.2 Å².